The first-order chi connectivity index (χ1) is 9.23. The van der Waals surface area contributed by atoms with E-state index in [-0.39, 0.29) is 18.9 Å². The van der Waals surface area contributed by atoms with Crippen LogP contribution in [0.4, 0.5) is 4.79 Å². The molecule has 7 nitrogen and oxygen atoms in total. The van der Waals surface area contributed by atoms with Gasteiger partial charge in [0.05, 0.1) is 0 Å². The molecule has 3 amide bonds. The summed E-state index contributed by atoms with van der Waals surface area (Å²) in [4.78, 5) is 32.7. The normalized spacial score (nSPS) is 10.9. The maximum absolute atomic E-state index is 11.6. The largest absolute Gasteiger partial charge is 0.481 e. The van der Waals surface area contributed by atoms with Crippen molar-refractivity contribution in [1.29, 1.82) is 0 Å². The van der Waals surface area contributed by atoms with Crippen molar-refractivity contribution in [3.05, 3.63) is 0 Å². The van der Waals surface area contributed by atoms with Crippen LogP contribution < -0.4 is 16.4 Å². The lowest BCUT2D eigenvalue weighted by Gasteiger charge is -2.24. The van der Waals surface area contributed by atoms with Crippen LogP contribution in [0.25, 0.3) is 0 Å². The van der Waals surface area contributed by atoms with Gasteiger partial charge in [-0.25, -0.2) is 4.79 Å². The van der Waals surface area contributed by atoms with Gasteiger partial charge in [-0.2, -0.15) is 0 Å². The molecule has 0 bridgehead atoms. The van der Waals surface area contributed by atoms with Crippen LogP contribution in [0, 0.1) is 0 Å². The second-order valence-electron chi connectivity index (χ2n) is 5.47. The van der Waals surface area contributed by atoms with Crippen LogP contribution in [-0.2, 0) is 9.59 Å². The molecule has 0 rings (SSSR count). The average Bonchev–Trinajstić information content (AvgIpc) is 2.24. The van der Waals surface area contributed by atoms with Gasteiger partial charge < -0.3 is 21.5 Å². The first-order valence-electron chi connectivity index (χ1n) is 6.79. The Bertz CT molecular complexity index is 343. The van der Waals surface area contributed by atoms with Crippen molar-refractivity contribution in [3.8, 4) is 0 Å². The molecule has 0 aromatic rings. The molecular weight excluding hydrogens is 262 g/mol. The van der Waals surface area contributed by atoms with Crippen molar-refractivity contribution in [2.75, 3.05) is 6.54 Å². The minimum Gasteiger partial charge on any atom is -0.481 e. The van der Waals surface area contributed by atoms with E-state index in [9.17, 15) is 14.4 Å². The highest BCUT2D eigenvalue weighted by molar-refractivity contribution is 5.78. The molecule has 116 valence electrons. The maximum Gasteiger partial charge on any atom is 0.315 e. The fraction of sp³-hybridized carbons (Fsp3) is 0.769. The zero-order valence-corrected chi connectivity index (χ0v) is 12.2. The smallest absolute Gasteiger partial charge is 0.315 e. The molecule has 0 heterocycles. The monoisotopic (exact) mass is 287 g/mol. The van der Waals surface area contributed by atoms with Gasteiger partial charge in [0.2, 0.25) is 5.91 Å². The van der Waals surface area contributed by atoms with Gasteiger partial charge in [-0.05, 0) is 26.7 Å². The Hall–Kier alpha value is -1.79. The van der Waals surface area contributed by atoms with Crippen molar-refractivity contribution >= 4 is 17.9 Å². The zero-order valence-electron chi connectivity index (χ0n) is 12.2. The molecule has 0 aliphatic heterocycles. The summed E-state index contributed by atoms with van der Waals surface area (Å²) < 4.78 is 0. The van der Waals surface area contributed by atoms with Gasteiger partial charge in [0, 0.05) is 24.9 Å². The second kappa shape index (κ2) is 9.17. The molecule has 0 aromatic heterocycles. The van der Waals surface area contributed by atoms with Gasteiger partial charge in [0.25, 0.3) is 0 Å². The van der Waals surface area contributed by atoms with Crippen molar-refractivity contribution < 1.29 is 19.5 Å². The van der Waals surface area contributed by atoms with Crippen LogP contribution in [-0.4, -0.2) is 35.1 Å². The standard InChI is InChI=1S/C13H25N3O4/c1-13(2,9-10(14)17)16-12(20)15-8-6-4-3-5-7-11(18)19/h3-9H2,1-2H3,(H2,14,17)(H,18,19)(H2,15,16,20). The molecule has 20 heavy (non-hydrogen) atoms. The molecule has 0 fully saturated rings. The number of amides is 3. The molecule has 7 heteroatoms. The molecule has 0 atom stereocenters. The molecule has 0 aliphatic carbocycles. The van der Waals surface area contributed by atoms with Gasteiger partial charge in [-0.3, -0.25) is 9.59 Å². The number of rotatable bonds is 10. The highest BCUT2D eigenvalue weighted by Gasteiger charge is 2.22. The topological polar surface area (TPSA) is 122 Å². The van der Waals surface area contributed by atoms with E-state index in [1.807, 2.05) is 0 Å². The van der Waals surface area contributed by atoms with E-state index in [2.05, 4.69) is 10.6 Å². The average molecular weight is 287 g/mol. The van der Waals surface area contributed by atoms with Crippen LogP contribution in [0.15, 0.2) is 0 Å². The number of hydrogen-bond donors (Lipinski definition) is 4. The van der Waals surface area contributed by atoms with Gasteiger partial charge in [0.15, 0.2) is 0 Å². The highest BCUT2D eigenvalue weighted by atomic mass is 16.4. The molecule has 0 aliphatic rings. The van der Waals surface area contributed by atoms with Crippen molar-refractivity contribution in [3.63, 3.8) is 0 Å². The number of unbranched alkanes of at least 4 members (excludes halogenated alkanes) is 3. The fourth-order valence-corrected chi connectivity index (χ4v) is 1.79. The maximum atomic E-state index is 11.6. The molecule has 5 N–H and O–H groups in total. The molecule has 0 spiro atoms. The lowest BCUT2D eigenvalue weighted by Crippen LogP contribution is -2.50. The Morgan fingerprint density at radius 3 is 2.25 bits per heavy atom. The van der Waals surface area contributed by atoms with Crippen LogP contribution in [0.5, 0.6) is 0 Å². The quantitative estimate of drug-likeness (QED) is 0.447. The van der Waals surface area contributed by atoms with Gasteiger partial charge in [0.1, 0.15) is 0 Å². The Kier molecular flexibility index (Phi) is 8.35. The number of aliphatic carboxylic acids is 1. The summed E-state index contributed by atoms with van der Waals surface area (Å²) in [5.41, 5.74) is 4.42. The number of nitrogens with two attached hydrogens (primary N) is 1. The summed E-state index contributed by atoms with van der Waals surface area (Å²) in [6.45, 7) is 3.97. The number of hydrogen-bond acceptors (Lipinski definition) is 3. The van der Waals surface area contributed by atoms with Gasteiger partial charge in [-0.1, -0.05) is 12.8 Å². The molecule has 0 saturated heterocycles. The third kappa shape index (κ3) is 11.3. The van der Waals surface area contributed by atoms with E-state index in [0.29, 0.717) is 13.0 Å². The van der Waals surface area contributed by atoms with E-state index >= 15 is 0 Å². The van der Waals surface area contributed by atoms with E-state index in [1.165, 1.54) is 0 Å². The molecule has 0 saturated carbocycles. The lowest BCUT2D eigenvalue weighted by atomic mass is 10.0. The Balaban J connectivity index is 3.63. The number of nitrogens with one attached hydrogen (secondary N) is 2. The summed E-state index contributed by atoms with van der Waals surface area (Å²) in [7, 11) is 0. The molecule has 0 aromatic carbocycles. The van der Waals surface area contributed by atoms with E-state index in [4.69, 9.17) is 10.8 Å². The Labute approximate surface area is 119 Å². The lowest BCUT2D eigenvalue weighted by molar-refractivity contribution is -0.137. The first kappa shape index (κ1) is 18.2. The number of carboxylic acid groups (broad SMARTS) is 1. The van der Waals surface area contributed by atoms with Gasteiger partial charge >= 0.3 is 12.0 Å². The number of carboxylic acids is 1. The summed E-state index contributed by atoms with van der Waals surface area (Å²) in [5.74, 6) is -1.24. The molecular formula is C13H25N3O4. The fourth-order valence-electron chi connectivity index (χ4n) is 1.79. The predicted octanol–water partition coefficient (Wildman–Crippen LogP) is 0.975. The van der Waals surface area contributed by atoms with Crippen LogP contribution in [0.2, 0.25) is 0 Å². The minimum atomic E-state index is -0.779. The number of urea groups is 1. The predicted molar refractivity (Wildman–Crippen MR) is 75.1 cm³/mol. The summed E-state index contributed by atoms with van der Waals surface area (Å²) in [5, 5.41) is 13.8. The van der Waals surface area contributed by atoms with Crippen LogP contribution in [0.3, 0.4) is 0 Å². The third-order valence-electron chi connectivity index (χ3n) is 2.67. The SMILES string of the molecule is CC(C)(CC(N)=O)NC(=O)NCCCCCCC(=O)O. The Morgan fingerprint density at radius 1 is 1.10 bits per heavy atom. The van der Waals surface area contributed by atoms with Crippen molar-refractivity contribution in [2.45, 2.75) is 57.9 Å². The molecule has 0 radical (unpaired) electrons. The second-order valence-corrected chi connectivity index (χ2v) is 5.47. The van der Waals surface area contributed by atoms with Crippen LogP contribution in [0.1, 0.15) is 52.4 Å². The minimum absolute atomic E-state index is 0.0790. The van der Waals surface area contributed by atoms with E-state index in [1.54, 1.807) is 13.8 Å². The van der Waals surface area contributed by atoms with Gasteiger partial charge in [-0.15, -0.1) is 0 Å². The van der Waals surface area contributed by atoms with Crippen molar-refractivity contribution in [1.82, 2.24) is 10.6 Å². The summed E-state index contributed by atoms with van der Waals surface area (Å²) in [6, 6.07) is -0.332. The number of primary amides is 1. The first-order valence-corrected chi connectivity index (χ1v) is 6.79. The van der Waals surface area contributed by atoms with Crippen LogP contribution >= 0.6 is 0 Å². The van der Waals surface area contributed by atoms with Crippen molar-refractivity contribution in [2.24, 2.45) is 5.73 Å². The Morgan fingerprint density at radius 2 is 1.70 bits per heavy atom. The molecule has 0 unspecified atom stereocenters. The number of carbonyl (C=O) groups is 3. The zero-order chi connectivity index (χ0) is 15.6. The highest BCUT2D eigenvalue weighted by Crippen LogP contribution is 2.07. The van der Waals surface area contributed by atoms with E-state index < -0.39 is 17.4 Å². The number of carbonyl (C=O) groups excluding carboxylic acids is 2. The van der Waals surface area contributed by atoms with E-state index in [0.717, 1.165) is 19.3 Å². The summed E-state index contributed by atoms with van der Waals surface area (Å²) >= 11 is 0. The third-order valence-corrected chi connectivity index (χ3v) is 2.67. The summed E-state index contributed by atoms with van der Waals surface area (Å²) in [6.07, 6.45) is 3.43.